The van der Waals surface area contributed by atoms with E-state index in [1.165, 1.54) is 42.7 Å². The van der Waals surface area contributed by atoms with Gasteiger partial charge in [-0.05, 0) is 51.4 Å². The second-order valence-electron chi connectivity index (χ2n) is 4.68. The number of benzene rings is 1. The molecule has 16 heavy (non-hydrogen) atoms. The molecule has 1 N–H and O–H groups in total. The Bertz CT molecular complexity index is 341. The zero-order chi connectivity index (χ0) is 11.4. The van der Waals surface area contributed by atoms with Gasteiger partial charge >= 0.3 is 0 Å². The molecule has 0 amide bonds. The minimum absolute atomic E-state index is 1.06. The lowest BCUT2D eigenvalue weighted by molar-refractivity contribution is 0.787. The Labute approximate surface area is 98.7 Å². The highest BCUT2D eigenvalue weighted by molar-refractivity contribution is 5.55. The molecule has 1 heterocycles. The highest BCUT2D eigenvalue weighted by atomic mass is 15.1. The quantitative estimate of drug-likeness (QED) is 0.834. The van der Waals surface area contributed by atoms with E-state index in [0.29, 0.717) is 0 Å². The van der Waals surface area contributed by atoms with Crippen molar-refractivity contribution in [1.82, 2.24) is 5.32 Å². The second-order valence-corrected chi connectivity index (χ2v) is 4.68. The molecular weight excluding hydrogens is 196 g/mol. The van der Waals surface area contributed by atoms with Gasteiger partial charge in [0.25, 0.3) is 0 Å². The van der Waals surface area contributed by atoms with Crippen LogP contribution in [0.1, 0.15) is 24.0 Å². The molecule has 0 aromatic heterocycles. The summed E-state index contributed by atoms with van der Waals surface area (Å²) in [5.74, 6) is 0. The van der Waals surface area contributed by atoms with Crippen LogP contribution in [0.2, 0.25) is 0 Å². The molecule has 0 atom stereocenters. The molecule has 0 saturated carbocycles. The van der Waals surface area contributed by atoms with Crippen LogP contribution in [0.25, 0.3) is 0 Å². The number of nitrogens with one attached hydrogen (secondary N) is 1. The Morgan fingerprint density at radius 3 is 2.69 bits per heavy atom. The maximum atomic E-state index is 3.23. The highest BCUT2D eigenvalue weighted by Gasteiger charge is 2.15. The number of nitrogens with zero attached hydrogens (tertiary/aromatic N) is 1. The average Bonchev–Trinajstić information content (AvgIpc) is 2.80. The topological polar surface area (TPSA) is 15.3 Å². The fourth-order valence-electron chi connectivity index (χ4n) is 2.44. The van der Waals surface area contributed by atoms with Gasteiger partial charge < -0.3 is 10.2 Å². The smallest absolute Gasteiger partial charge is 0.0399 e. The summed E-state index contributed by atoms with van der Waals surface area (Å²) in [6.07, 6.45) is 3.82. The maximum Gasteiger partial charge on any atom is 0.0399 e. The maximum absolute atomic E-state index is 3.23. The Morgan fingerprint density at radius 1 is 1.25 bits per heavy atom. The lowest BCUT2D eigenvalue weighted by Gasteiger charge is -2.22. The van der Waals surface area contributed by atoms with Gasteiger partial charge in [-0.15, -0.1) is 0 Å². The van der Waals surface area contributed by atoms with E-state index in [4.69, 9.17) is 0 Å². The Hall–Kier alpha value is -1.02. The molecule has 0 radical (unpaired) electrons. The SMILES string of the molecule is CNCCc1cc(C)ccc1N1CCCC1. The van der Waals surface area contributed by atoms with Crippen molar-refractivity contribution in [2.75, 3.05) is 31.6 Å². The summed E-state index contributed by atoms with van der Waals surface area (Å²) in [5, 5.41) is 3.23. The lowest BCUT2D eigenvalue weighted by Crippen LogP contribution is -2.20. The number of hydrogen-bond donors (Lipinski definition) is 1. The van der Waals surface area contributed by atoms with E-state index >= 15 is 0 Å². The van der Waals surface area contributed by atoms with E-state index in [2.05, 4.69) is 35.3 Å². The molecule has 0 spiro atoms. The van der Waals surface area contributed by atoms with Crippen LogP contribution in [0, 0.1) is 6.92 Å². The normalized spacial score (nSPS) is 15.8. The molecule has 0 unspecified atom stereocenters. The fourth-order valence-corrected chi connectivity index (χ4v) is 2.44. The van der Waals surface area contributed by atoms with Gasteiger partial charge in [-0.3, -0.25) is 0 Å². The summed E-state index contributed by atoms with van der Waals surface area (Å²) >= 11 is 0. The molecule has 1 fully saturated rings. The minimum Gasteiger partial charge on any atom is -0.371 e. The number of hydrogen-bond acceptors (Lipinski definition) is 2. The summed E-state index contributed by atoms with van der Waals surface area (Å²) in [6, 6.07) is 6.87. The van der Waals surface area contributed by atoms with Crippen molar-refractivity contribution in [3.05, 3.63) is 29.3 Å². The standard InChI is InChI=1S/C14H22N2/c1-12-5-6-14(16-9-3-4-10-16)13(11-12)7-8-15-2/h5-6,11,15H,3-4,7-10H2,1-2H3. The van der Waals surface area contributed by atoms with E-state index in [0.717, 1.165) is 13.0 Å². The molecule has 0 bridgehead atoms. The first-order chi connectivity index (χ1) is 7.81. The van der Waals surface area contributed by atoms with Gasteiger partial charge in [-0.25, -0.2) is 0 Å². The summed E-state index contributed by atoms with van der Waals surface area (Å²) in [7, 11) is 2.02. The third-order valence-electron chi connectivity index (χ3n) is 3.33. The molecule has 2 heteroatoms. The Morgan fingerprint density at radius 2 is 2.00 bits per heavy atom. The van der Waals surface area contributed by atoms with Crippen molar-refractivity contribution in [1.29, 1.82) is 0 Å². The number of rotatable bonds is 4. The van der Waals surface area contributed by atoms with Gasteiger partial charge in [-0.1, -0.05) is 17.7 Å². The van der Waals surface area contributed by atoms with Crippen LogP contribution in [-0.2, 0) is 6.42 Å². The van der Waals surface area contributed by atoms with E-state index in [1.807, 2.05) is 7.05 Å². The van der Waals surface area contributed by atoms with Crippen LogP contribution in [0.3, 0.4) is 0 Å². The predicted molar refractivity (Wildman–Crippen MR) is 70.3 cm³/mol. The molecule has 1 aliphatic rings. The van der Waals surface area contributed by atoms with E-state index in [-0.39, 0.29) is 0 Å². The molecule has 1 saturated heterocycles. The molecule has 0 aliphatic carbocycles. The Kier molecular flexibility index (Phi) is 3.83. The molecule has 2 nitrogen and oxygen atoms in total. The number of aryl methyl sites for hydroxylation is 1. The zero-order valence-electron chi connectivity index (χ0n) is 10.4. The van der Waals surface area contributed by atoms with Gasteiger partial charge in [0.05, 0.1) is 0 Å². The second kappa shape index (κ2) is 5.35. The van der Waals surface area contributed by atoms with Gasteiger partial charge in [0.2, 0.25) is 0 Å². The van der Waals surface area contributed by atoms with E-state index < -0.39 is 0 Å². The van der Waals surface area contributed by atoms with Gasteiger partial charge in [0.1, 0.15) is 0 Å². The zero-order valence-corrected chi connectivity index (χ0v) is 10.4. The molecule has 2 rings (SSSR count). The monoisotopic (exact) mass is 218 g/mol. The first kappa shape index (κ1) is 11.5. The first-order valence-corrected chi connectivity index (χ1v) is 6.30. The van der Waals surface area contributed by atoms with Crippen molar-refractivity contribution < 1.29 is 0 Å². The summed E-state index contributed by atoms with van der Waals surface area (Å²) in [5.41, 5.74) is 4.32. The largest absolute Gasteiger partial charge is 0.371 e. The lowest BCUT2D eigenvalue weighted by atomic mass is 10.1. The van der Waals surface area contributed by atoms with Crippen LogP contribution in [-0.4, -0.2) is 26.7 Å². The first-order valence-electron chi connectivity index (χ1n) is 6.30. The summed E-state index contributed by atoms with van der Waals surface area (Å²) in [6.45, 7) is 5.70. The molecule has 1 aliphatic heterocycles. The summed E-state index contributed by atoms with van der Waals surface area (Å²) < 4.78 is 0. The molecule has 1 aromatic carbocycles. The highest BCUT2D eigenvalue weighted by Crippen LogP contribution is 2.25. The van der Waals surface area contributed by atoms with E-state index in [9.17, 15) is 0 Å². The Balaban J connectivity index is 2.20. The van der Waals surface area contributed by atoms with Crippen LogP contribution in [0.4, 0.5) is 5.69 Å². The fraction of sp³-hybridized carbons (Fsp3) is 0.571. The number of likely N-dealkylation sites (N-methyl/N-ethyl adjacent to an activating group) is 1. The van der Waals surface area contributed by atoms with Gasteiger partial charge in [0, 0.05) is 18.8 Å². The van der Waals surface area contributed by atoms with Crippen LogP contribution in [0.5, 0.6) is 0 Å². The van der Waals surface area contributed by atoms with Crippen LogP contribution in [0.15, 0.2) is 18.2 Å². The molecule has 1 aromatic rings. The third kappa shape index (κ3) is 2.56. The van der Waals surface area contributed by atoms with Gasteiger partial charge in [-0.2, -0.15) is 0 Å². The van der Waals surface area contributed by atoms with Crippen molar-refractivity contribution in [2.45, 2.75) is 26.2 Å². The average molecular weight is 218 g/mol. The summed E-state index contributed by atoms with van der Waals surface area (Å²) in [4.78, 5) is 2.53. The van der Waals surface area contributed by atoms with Crippen molar-refractivity contribution in [2.24, 2.45) is 0 Å². The van der Waals surface area contributed by atoms with Crippen molar-refractivity contribution in [3.63, 3.8) is 0 Å². The third-order valence-corrected chi connectivity index (χ3v) is 3.33. The minimum atomic E-state index is 1.06. The molecular formula is C14H22N2. The van der Waals surface area contributed by atoms with Crippen molar-refractivity contribution in [3.8, 4) is 0 Å². The van der Waals surface area contributed by atoms with E-state index in [1.54, 1.807) is 0 Å². The van der Waals surface area contributed by atoms with Crippen LogP contribution >= 0.6 is 0 Å². The predicted octanol–water partition coefficient (Wildman–Crippen LogP) is 2.36. The number of anilines is 1. The van der Waals surface area contributed by atoms with Crippen LogP contribution < -0.4 is 10.2 Å². The molecule has 88 valence electrons. The van der Waals surface area contributed by atoms with Crippen molar-refractivity contribution >= 4 is 5.69 Å². The van der Waals surface area contributed by atoms with Gasteiger partial charge in [0.15, 0.2) is 0 Å².